The van der Waals surface area contributed by atoms with Crippen LogP contribution in [-0.2, 0) is 11.3 Å². The zero-order valence-electron chi connectivity index (χ0n) is 9.41. The number of ether oxygens (including phenoxy) is 1. The molecule has 1 aliphatic carbocycles. The van der Waals surface area contributed by atoms with Gasteiger partial charge in [-0.2, -0.15) is 0 Å². The van der Waals surface area contributed by atoms with E-state index in [2.05, 4.69) is 23.5 Å². The fraction of sp³-hybridized carbons (Fsp3) is 0.571. The number of nitrogens with one attached hydrogen (secondary N) is 1. The van der Waals surface area contributed by atoms with Gasteiger partial charge in [0.05, 0.1) is 12.7 Å². The standard InChI is InChI=1S/C14H17NO/c1-2-10(9-4-5-9)13-8-16-14-7-15-6-12(14)11(13)3-1/h1-3,9,12,14-15H,4-8H2/t12-,14?/m0/s1. The van der Waals surface area contributed by atoms with Crippen LogP contribution in [0.3, 0.4) is 0 Å². The van der Waals surface area contributed by atoms with Gasteiger partial charge in [0.2, 0.25) is 0 Å². The third-order valence-electron chi connectivity index (χ3n) is 4.27. The summed E-state index contributed by atoms with van der Waals surface area (Å²) in [7, 11) is 0. The Morgan fingerprint density at radius 3 is 2.88 bits per heavy atom. The fourth-order valence-electron chi connectivity index (χ4n) is 3.24. The predicted molar refractivity (Wildman–Crippen MR) is 62.6 cm³/mol. The van der Waals surface area contributed by atoms with Crippen molar-refractivity contribution in [3.05, 3.63) is 34.9 Å². The van der Waals surface area contributed by atoms with Crippen LogP contribution in [-0.4, -0.2) is 19.2 Å². The van der Waals surface area contributed by atoms with Gasteiger partial charge in [0.1, 0.15) is 0 Å². The lowest BCUT2D eigenvalue weighted by molar-refractivity contribution is 0.0294. The Labute approximate surface area is 96.0 Å². The molecule has 1 N–H and O–H groups in total. The van der Waals surface area contributed by atoms with Gasteiger partial charge in [0, 0.05) is 19.0 Å². The quantitative estimate of drug-likeness (QED) is 0.775. The highest BCUT2D eigenvalue weighted by Gasteiger charge is 2.37. The normalized spacial score (nSPS) is 32.2. The lowest BCUT2D eigenvalue weighted by Crippen LogP contribution is -2.27. The van der Waals surface area contributed by atoms with Crippen LogP contribution >= 0.6 is 0 Å². The molecule has 2 heteroatoms. The molecule has 84 valence electrons. The van der Waals surface area contributed by atoms with Gasteiger partial charge >= 0.3 is 0 Å². The van der Waals surface area contributed by atoms with Crippen LogP contribution in [0.1, 0.15) is 41.4 Å². The predicted octanol–water partition coefficient (Wildman–Crippen LogP) is 2.15. The van der Waals surface area contributed by atoms with Crippen LogP contribution in [0, 0.1) is 0 Å². The van der Waals surface area contributed by atoms with Crippen LogP contribution in [0.4, 0.5) is 0 Å². The topological polar surface area (TPSA) is 21.3 Å². The first-order chi connectivity index (χ1) is 7.93. The molecule has 0 amide bonds. The van der Waals surface area contributed by atoms with Crippen LogP contribution in [0.15, 0.2) is 18.2 Å². The van der Waals surface area contributed by atoms with Crippen molar-refractivity contribution in [3.8, 4) is 0 Å². The van der Waals surface area contributed by atoms with Gasteiger partial charge in [-0.15, -0.1) is 0 Å². The Balaban J connectivity index is 1.82. The third-order valence-corrected chi connectivity index (χ3v) is 4.27. The largest absolute Gasteiger partial charge is 0.372 e. The first-order valence-electron chi connectivity index (χ1n) is 6.37. The van der Waals surface area contributed by atoms with Crippen molar-refractivity contribution >= 4 is 0 Å². The van der Waals surface area contributed by atoms with Crippen molar-refractivity contribution < 1.29 is 4.74 Å². The summed E-state index contributed by atoms with van der Waals surface area (Å²) in [6.07, 6.45) is 3.17. The molecule has 1 saturated carbocycles. The minimum absolute atomic E-state index is 0.418. The third kappa shape index (κ3) is 1.26. The number of rotatable bonds is 1. The molecule has 4 rings (SSSR count). The van der Waals surface area contributed by atoms with Gasteiger partial charge in [-0.3, -0.25) is 0 Å². The van der Waals surface area contributed by atoms with Crippen LogP contribution < -0.4 is 5.32 Å². The number of benzene rings is 1. The highest BCUT2D eigenvalue weighted by atomic mass is 16.5. The van der Waals surface area contributed by atoms with E-state index in [0.29, 0.717) is 12.0 Å². The molecule has 2 fully saturated rings. The molecule has 2 aliphatic heterocycles. The molecule has 0 spiro atoms. The maximum absolute atomic E-state index is 5.98. The zero-order valence-corrected chi connectivity index (χ0v) is 9.41. The molecule has 0 radical (unpaired) electrons. The van der Waals surface area contributed by atoms with Crippen LogP contribution in [0.5, 0.6) is 0 Å². The van der Waals surface area contributed by atoms with E-state index in [1.165, 1.54) is 18.4 Å². The molecule has 0 bridgehead atoms. The van der Waals surface area contributed by atoms with Gasteiger partial charge in [-0.1, -0.05) is 18.2 Å². The maximum Gasteiger partial charge on any atom is 0.0784 e. The molecule has 2 heterocycles. The van der Waals surface area contributed by atoms with Gasteiger partial charge in [-0.05, 0) is 35.4 Å². The second-order valence-electron chi connectivity index (χ2n) is 5.30. The summed E-state index contributed by atoms with van der Waals surface area (Å²) in [6.45, 7) is 2.95. The Kier molecular flexibility index (Phi) is 1.91. The molecule has 1 saturated heterocycles. The van der Waals surface area contributed by atoms with Gasteiger partial charge in [0.25, 0.3) is 0 Å². The van der Waals surface area contributed by atoms with Gasteiger partial charge in [-0.25, -0.2) is 0 Å². The summed E-state index contributed by atoms with van der Waals surface area (Å²) in [5, 5.41) is 3.44. The van der Waals surface area contributed by atoms with E-state index < -0.39 is 0 Å². The second-order valence-corrected chi connectivity index (χ2v) is 5.30. The summed E-state index contributed by atoms with van der Waals surface area (Å²) >= 11 is 0. The fourth-order valence-corrected chi connectivity index (χ4v) is 3.24. The van der Waals surface area contributed by atoms with E-state index in [-0.39, 0.29) is 0 Å². The van der Waals surface area contributed by atoms with Crippen molar-refractivity contribution in [2.75, 3.05) is 13.1 Å². The van der Waals surface area contributed by atoms with E-state index >= 15 is 0 Å². The average Bonchev–Trinajstić information content (AvgIpc) is 3.05. The number of hydrogen-bond donors (Lipinski definition) is 1. The smallest absolute Gasteiger partial charge is 0.0784 e. The monoisotopic (exact) mass is 215 g/mol. The Morgan fingerprint density at radius 1 is 1.12 bits per heavy atom. The van der Waals surface area contributed by atoms with Crippen LogP contribution in [0.2, 0.25) is 0 Å². The van der Waals surface area contributed by atoms with E-state index in [9.17, 15) is 0 Å². The van der Waals surface area contributed by atoms with E-state index in [4.69, 9.17) is 4.74 Å². The van der Waals surface area contributed by atoms with Gasteiger partial charge < -0.3 is 10.1 Å². The molecule has 2 atom stereocenters. The minimum Gasteiger partial charge on any atom is -0.372 e. The van der Waals surface area contributed by atoms with Gasteiger partial charge in [0.15, 0.2) is 0 Å². The highest BCUT2D eigenvalue weighted by molar-refractivity contribution is 5.43. The maximum atomic E-state index is 5.98. The highest BCUT2D eigenvalue weighted by Crippen LogP contribution is 2.45. The molecule has 3 aliphatic rings. The summed E-state index contributed by atoms with van der Waals surface area (Å²) in [4.78, 5) is 0. The van der Waals surface area contributed by atoms with Crippen molar-refractivity contribution in [3.63, 3.8) is 0 Å². The SMILES string of the molecule is c1cc(C2CC2)c2c(c1)[C@@H]1CNCC1OC2. The average molecular weight is 215 g/mol. The Bertz CT molecular complexity index is 425. The molecule has 2 nitrogen and oxygen atoms in total. The molecular weight excluding hydrogens is 198 g/mol. The summed E-state index contributed by atoms with van der Waals surface area (Å²) < 4.78 is 5.98. The van der Waals surface area contributed by atoms with Crippen molar-refractivity contribution in [2.24, 2.45) is 0 Å². The molecule has 0 aromatic heterocycles. The van der Waals surface area contributed by atoms with Crippen molar-refractivity contribution in [1.29, 1.82) is 0 Å². The first-order valence-corrected chi connectivity index (χ1v) is 6.37. The minimum atomic E-state index is 0.418. The first kappa shape index (κ1) is 9.20. The molecule has 1 aromatic carbocycles. The molecule has 16 heavy (non-hydrogen) atoms. The van der Waals surface area contributed by atoms with E-state index in [0.717, 1.165) is 25.6 Å². The lowest BCUT2D eigenvalue weighted by Gasteiger charge is -2.29. The summed E-state index contributed by atoms with van der Waals surface area (Å²) in [5.74, 6) is 1.44. The molecule has 1 unspecified atom stereocenters. The second kappa shape index (κ2) is 3.31. The summed E-state index contributed by atoms with van der Waals surface area (Å²) in [6, 6.07) is 6.87. The van der Waals surface area contributed by atoms with E-state index in [1.807, 2.05) is 0 Å². The number of hydrogen-bond acceptors (Lipinski definition) is 2. The molecule has 1 aromatic rings. The zero-order chi connectivity index (χ0) is 10.5. The van der Waals surface area contributed by atoms with E-state index in [1.54, 1.807) is 11.1 Å². The van der Waals surface area contributed by atoms with Crippen molar-refractivity contribution in [1.82, 2.24) is 5.32 Å². The Hall–Kier alpha value is -0.860. The summed E-state index contributed by atoms with van der Waals surface area (Å²) in [5.41, 5.74) is 4.64. The van der Waals surface area contributed by atoms with Crippen molar-refractivity contribution in [2.45, 2.75) is 37.4 Å². The lowest BCUT2D eigenvalue weighted by atomic mass is 9.86. The number of fused-ring (bicyclic) bond motifs is 3. The molecular formula is C14H17NO. The Morgan fingerprint density at radius 2 is 2.00 bits per heavy atom. The van der Waals surface area contributed by atoms with Crippen LogP contribution in [0.25, 0.3) is 0 Å².